The minimum absolute atomic E-state index is 0.324. The first-order valence-corrected chi connectivity index (χ1v) is 4.75. The van der Waals surface area contributed by atoms with Crippen molar-refractivity contribution in [2.45, 2.75) is 0 Å². The first-order valence-electron chi connectivity index (χ1n) is 4.75. The van der Waals surface area contributed by atoms with E-state index < -0.39 is 11.6 Å². The fourth-order valence-corrected chi connectivity index (χ4v) is 1.28. The zero-order valence-electron chi connectivity index (χ0n) is 8.58. The molecule has 6 heteroatoms. The van der Waals surface area contributed by atoms with Crippen molar-refractivity contribution in [2.75, 3.05) is 10.8 Å². The van der Waals surface area contributed by atoms with Gasteiger partial charge in [-0.15, -0.1) is 0 Å². The molecule has 0 fully saturated rings. The van der Waals surface area contributed by atoms with E-state index in [9.17, 15) is 14.0 Å². The Hall–Kier alpha value is -2.21. The second kappa shape index (κ2) is 4.75. The summed E-state index contributed by atoms with van der Waals surface area (Å²) in [4.78, 5) is 3.93. The summed E-state index contributed by atoms with van der Waals surface area (Å²) in [6, 6.07) is 6.33. The number of nitrogens with one attached hydrogen (secondary N) is 2. The maximum Gasteiger partial charge on any atom is 0.160 e. The molecule has 0 unspecified atom stereocenters. The summed E-state index contributed by atoms with van der Waals surface area (Å²) < 4.78 is 25.6. The van der Waals surface area contributed by atoms with Crippen molar-refractivity contribution in [3.05, 3.63) is 53.4 Å². The Morgan fingerprint density at radius 2 is 1.82 bits per heavy atom. The van der Waals surface area contributed by atoms with E-state index in [1.807, 2.05) is 0 Å². The van der Waals surface area contributed by atoms with Gasteiger partial charge in [0, 0.05) is 29.7 Å². The van der Waals surface area contributed by atoms with Gasteiger partial charge in [-0.1, -0.05) is 0 Å². The number of pyridine rings is 1. The quantitative estimate of drug-likeness (QED) is 0.804. The van der Waals surface area contributed by atoms with E-state index in [4.69, 9.17) is 0 Å². The molecule has 2 aromatic rings. The molecular formula is C11H8F2N3O-. The third-order valence-electron chi connectivity index (χ3n) is 2.07. The van der Waals surface area contributed by atoms with Gasteiger partial charge in [0.15, 0.2) is 11.6 Å². The van der Waals surface area contributed by atoms with Crippen molar-refractivity contribution < 1.29 is 8.78 Å². The molecule has 0 spiro atoms. The number of aromatic nitrogens is 1. The highest BCUT2D eigenvalue weighted by atomic mass is 19.2. The van der Waals surface area contributed by atoms with Gasteiger partial charge in [-0.3, -0.25) is 0 Å². The summed E-state index contributed by atoms with van der Waals surface area (Å²) in [5, 5.41) is 13.2. The third kappa shape index (κ3) is 2.67. The van der Waals surface area contributed by atoms with Crippen LogP contribution < -0.4 is 10.8 Å². The summed E-state index contributed by atoms with van der Waals surface area (Å²) in [7, 11) is 0. The molecule has 0 aliphatic rings. The Labute approximate surface area is 95.9 Å². The maximum absolute atomic E-state index is 12.9. The van der Waals surface area contributed by atoms with E-state index in [2.05, 4.69) is 10.3 Å². The fraction of sp³-hybridized carbons (Fsp3) is 0. The first-order chi connectivity index (χ1) is 8.19. The molecule has 0 radical (unpaired) electrons. The van der Waals surface area contributed by atoms with Crippen LogP contribution in [0.3, 0.4) is 0 Å². The number of rotatable bonds is 3. The van der Waals surface area contributed by atoms with E-state index >= 15 is 0 Å². The molecular weight excluding hydrogens is 228 g/mol. The summed E-state index contributed by atoms with van der Waals surface area (Å²) >= 11 is 0. The summed E-state index contributed by atoms with van der Waals surface area (Å²) in [5.74, 6) is -1.51. The summed E-state index contributed by atoms with van der Waals surface area (Å²) in [6.45, 7) is 0. The Balaban J connectivity index is 2.22. The number of anilines is 3. The van der Waals surface area contributed by atoms with E-state index in [0.717, 1.165) is 12.1 Å². The molecule has 0 aliphatic carbocycles. The van der Waals surface area contributed by atoms with Crippen LogP contribution in [-0.4, -0.2) is 4.98 Å². The SMILES string of the molecule is [O-]Nc1ccnc(Nc2ccc(F)c(F)c2)c1. The zero-order chi connectivity index (χ0) is 12.3. The average Bonchev–Trinajstić information content (AvgIpc) is 2.34. The van der Waals surface area contributed by atoms with Gasteiger partial charge < -0.3 is 16.0 Å². The number of hydrogen-bond donors (Lipinski definition) is 2. The predicted molar refractivity (Wildman–Crippen MR) is 60.9 cm³/mol. The normalized spacial score (nSPS) is 10.1. The zero-order valence-corrected chi connectivity index (χ0v) is 8.58. The van der Waals surface area contributed by atoms with Crippen molar-refractivity contribution in [1.82, 2.24) is 4.98 Å². The molecule has 17 heavy (non-hydrogen) atoms. The standard InChI is InChI=1S/C11H8F2N3O/c12-9-2-1-7(5-10(9)13)15-11-6-8(16-17)3-4-14-11/h1-6H,(H2-,14,15,16,17)/q-1. The molecule has 2 N–H and O–H groups in total. The van der Waals surface area contributed by atoms with Crippen molar-refractivity contribution in [3.63, 3.8) is 0 Å². The number of nitrogens with zero attached hydrogens (tertiary/aromatic N) is 1. The van der Waals surface area contributed by atoms with Gasteiger partial charge in [-0.05, 0) is 18.2 Å². The highest BCUT2D eigenvalue weighted by Crippen LogP contribution is 2.19. The molecule has 1 aromatic heterocycles. The predicted octanol–water partition coefficient (Wildman–Crippen LogP) is 3.01. The Kier molecular flexibility index (Phi) is 3.15. The van der Waals surface area contributed by atoms with E-state index in [1.54, 1.807) is 5.48 Å². The van der Waals surface area contributed by atoms with Crippen LogP contribution in [0.5, 0.6) is 0 Å². The lowest BCUT2D eigenvalue weighted by molar-refractivity contribution is 0.509. The van der Waals surface area contributed by atoms with Crippen molar-refractivity contribution >= 4 is 17.2 Å². The topological polar surface area (TPSA) is 60.0 Å². The molecule has 1 aromatic carbocycles. The Morgan fingerprint density at radius 3 is 2.53 bits per heavy atom. The largest absolute Gasteiger partial charge is 0.761 e. The van der Waals surface area contributed by atoms with Crippen LogP contribution in [0, 0.1) is 16.8 Å². The van der Waals surface area contributed by atoms with Crippen molar-refractivity contribution in [1.29, 1.82) is 0 Å². The molecule has 0 amide bonds. The van der Waals surface area contributed by atoms with Crippen LogP contribution in [0.1, 0.15) is 0 Å². The summed E-state index contributed by atoms with van der Waals surface area (Å²) in [5.41, 5.74) is 2.38. The second-order valence-electron chi connectivity index (χ2n) is 3.29. The van der Waals surface area contributed by atoms with Crippen LogP contribution in [0.15, 0.2) is 36.5 Å². The van der Waals surface area contributed by atoms with Gasteiger partial charge >= 0.3 is 0 Å². The lowest BCUT2D eigenvalue weighted by Crippen LogP contribution is -1.96. The lowest BCUT2D eigenvalue weighted by Gasteiger charge is -2.11. The molecule has 88 valence electrons. The smallest absolute Gasteiger partial charge is 0.160 e. The highest BCUT2D eigenvalue weighted by molar-refractivity contribution is 5.60. The van der Waals surface area contributed by atoms with Crippen LogP contribution in [0.25, 0.3) is 0 Å². The van der Waals surface area contributed by atoms with Gasteiger partial charge in [-0.2, -0.15) is 0 Å². The van der Waals surface area contributed by atoms with Crippen LogP contribution in [0.2, 0.25) is 0 Å². The van der Waals surface area contributed by atoms with Gasteiger partial charge in [0.25, 0.3) is 0 Å². The Bertz CT molecular complexity index is 534. The molecule has 0 aliphatic heterocycles. The minimum atomic E-state index is -0.951. The van der Waals surface area contributed by atoms with Crippen molar-refractivity contribution in [2.24, 2.45) is 0 Å². The fourth-order valence-electron chi connectivity index (χ4n) is 1.28. The van der Waals surface area contributed by atoms with Gasteiger partial charge in [0.2, 0.25) is 0 Å². The average molecular weight is 236 g/mol. The van der Waals surface area contributed by atoms with Crippen molar-refractivity contribution in [3.8, 4) is 0 Å². The van der Waals surface area contributed by atoms with E-state index in [1.165, 1.54) is 24.4 Å². The minimum Gasteiger partial charge on any atom is -0.761 e. The Morgan fingerprint density at radius 1 is 1.00 bits per heavy atom. The number of hydrogen-bond acceptors (Lipinski definition) is 4. The molecule has 0 bridgehead atoms. The van der Waals surface area contributed by atoms with E-state index in [-0.39, 0.29) is 0 Å². The molecule has 0 atom stereocenters. The molecule has 2 rings (SSSR count). The molecule has 0 saturated carbocycles. The van der Waals surface area contributed by atoms with Gasteiger partial charge in [-0.25, -0.2) is 13.8 Å². The van der Waals surface area contributed by atoms with Crippen LogP contribution in [0.4, 0.5) is 26.0 Å². The van der Waals surface area contributed by atoms with Gasteiger partial charge in [0.05, 0.1) is 0 Å². The monoisotopic (exact) mass is 236 g/mol. The maximum atomic E-state index is 12.9. The molecule has 0 saturated heterocycles. The number of halogens is 2. The lowest BCUT2D eigenvalue weighted by atomic mass is 10.3. The van der Waals surface area contributed by atoms with E-state index in [0.29, 0.717) is 17.2 Å². The summed E-state index contributed by atoms with van der Waals surface area (Å²) in [6.07, 6.45) is 1.42. The first kappa shape index (κ1) is 11.3. The van der Waals surface area contributed by atoms with Crippen LogP contribution >= 0.6 is 0 Å². The molecule has 1 heterocycles. The second-order valence-corrected chi connectivity index (χ2v) is 3.29. The third-order valence-corrected chi connectivity index (χ3v) is 2.07. The van der Waals surface area contributed by atoms with Crippen LogP contribution in [-0.2, 0) is 0 Å². The van der Waals surface area contributed by atoms with Gasteiger partial charge in [0.1, 0.15) is 5.82 Å². The number of benzene rings is 1. The molecule has 4 nitrogen and oxygen atoms in total. The highest BCUT2D eigenvalue weighted by Gasteiger charge is 2.03.